The fraction of sp³-hybridized carbons (Fsp3) is 0.284. The van der Waals surface area contributed by atoms with Gasteiger partial charge in [-0.25, -0.2) is 0 Å². The Morgan fingerprint density at radius 3 is 1.74 bits per heavy atom. The van der Waals surface area contributed by atoms with Crippen LogP contribution in [0, 0.1) is 18.9 Å². The monoisotopic (exact) mass is 1240 g/mol. The Hall–Kier alpha value is -5.67. The predicted octanol–water partition coefficient (Wildman–Crippen LogP) is 20.0. The number of pyridine rings is 1. The normalized spacial score (nSPS) is 16.6. The first kappa shape index (κ1) is 62.4. The summed E-state index contributed by atoms with van der Waals surface area (Å²) in [6.07, 6.45) is 4.66. The molecule has 2 heterocycles. The summed E-state index contributed by atoms with van der Waals surface area (Å²) in [5.74, 6) is -0.0878. The molecule has 6 unspecified atom stereocenters. The third kappa shape index (κ3) is 12.6. The number of anilines is 1. The summed E-state index contributed by atoms with van der Waals surface area (Å²) >= 11 is 46.0. The van der Waals surface area contributed by atoms with Crippen LogP contribution >= 0.6 is 69.6 Å². The molecule has 6 atom stereocenters. The van der Waals surface area contributed by atoms with Crippen LogP contribution in [-0.4, -0.2) is 61.7 Å². The van der Waals surface area contributed by atoms with E-state index in [0.717, 1.165) is 61.8 Å². The number of halogens is 6. The zero-order chi connectivity index (χ0) is 59.8. The quantitative estimate of drug-likeness (QED) is 0.0637. The molecule has 0 bridgehead atoms. The summed E-state index contributed by atoms with van der Waals surface area (Å²) in [5, 5.41) is 3.78. The lowest BCUT2D eigenvalue weighted by atomic mass is 9.58. The number of hydrogen-bond acceptors (Lipinski definition) is 5. The van der Waals surface area contributed by atoms with Crippen molar-refractivity contribution < 1.29 is 4.74 Å². The van der Waals surface area contributed by atoms with Crippen LogP contribution in [0.15, 0.2) is 219 Å². The fourth-order valence-corrected chi connectivity index (χ4v) is 16.2. The van der Waals surface area contributed by atoms with Gasteiger partial charge in [-0.3, -0.25) is 14.8 Å². The van der Waals surface area contributed by atoms with Crippen molar-refractivity contribution in [1.29, 1.82) is 0 Å². The summed E-state index contributed by atoms with van der Waals surface area (Å²) < 4.78 is 6.39. The average Bonchev–Trinajstić information content (AvgIpc) is 1.80. The molecule has 9 aromatic rings. The maximum absolute atomic E-state index is 8.05. The molecule has 8 aromatic carbocycles. The third-order valence-corrected chi connectivity index (χ3v) is 20.2. The summed E-state index contributed by atoms with van der Waals surface area (Å²) in [6, 6.07) is 76.9. The minimum atomic E-state index is -1.11. The van der Waals surface area contributed by atoms with Gasteiger partial charge in [-0.05, 0) is 171 Å². The number of ether oxygens (including phenoxy) is 1. The number of aryl methyl sites for hydroxylation is 1. The zero-order valence-corrected chi connectivity index (χ0v) is 53.5. The highest BCUT2D eigenvalue weighted by Crippen LogP contribution is 2.60. The number of nitrogens with zero attached hydrogens (tertiary/aromatic N) is 4. The van der Waals surface area contributed by atoms with Crippen molar-refractivity contribution in [1.82, 2.24) is 14.8 Å². The molecule has 1 saturated heterocycles. The fourth-order valence-electron chi connectivity index (χ4n) is 14.5. The molecule has 11 heteroatoms. The molecule has 0 saturated carbocycles. The van der Waals surface area contributed by atoms with Crippen molar-refractivity contribution in [2.24, 2.45) is 5.92 Å². The highest BCUT2D eigenvalue weighted by molar-refractivity contribution is 6.33. The average molecular weight is 1250 g/mol. The van der Waals surface area contributed by atoms with Crippen LogP contribution in [0.25, 0.3) is 0 Å². The van der Waals surface area contributed by atoms with Crippen molar-refractivity contribution in [2.75, 3.05) is 51.8 Å². The molecule has 85 heavy (non-hydrogen) atoms. The Kier molecular flexibility index (Phi) is 20.2. The number of benzene rings is 8. The van der Waals surface area contributed by atoms with E-state index in [-0.39, 0.29) is 11.8 Å². The SMILES string of the molecule is CCN(c1cccc(C)c1)C(CC(c1cc[c]c(Cl)c1)(c1ccccn1)c1ccccc1Cl)(CC(CCC(c1ccccc1Cl)(C(C)CC(c1ccccc1)c1ccccc1Cl)N(C)C)(c1ccccc1Cl)N1CCOCC1)c1ccccc1Cl. The van der Waals surface area contributed by atoms with E-state index in [1.165, 1.54) is 5.56 Å². The molecule has 1 aromatic heterocycles. The van der Waals surface area contributed by atoms with Crippen LogP contribution in [0.3, 0.4) is 0 Å². The lowest BCUT2D eigenvalue weighted by Gasteiger charge is -2.58. The Morgan fingerprint density at radius 2 is 1.16 bits per heavy atom. The Bertz CT molecular complexity index is 3670. The second-order valence-electron chi connectivity index (χ2n) is 23.0. The van der Waals surface area contributed by atoms with Gasteiger partial charge in [-0.2, -0.15) is 0 Å². The zero-order valence-electron chi connectivity index (χ0n) is 49.0. The van der Waals surface area contributed by atoms with Crippen LogP contribution in [0.1, 0.15) is 102 Å². The van der Waals surface area contributed by atoms with Gasteiger partial charge in [0.15, 0.2) is 0 Å². The van der Waals surface area contributed by atoms with Crippen molar-refractivity contribution >= 4 is 75.3 Å². The van der Waals surface area contributed by atoms with Gasteiger partial charge in [0.05, 0.1) is 35.4 Å². The summed E-state index contributed by atoms with van der Waals surface area (Å²) in [7, 11) is 4.44. The molecule has 0 N–H and O–H groups in total. The molecular weight excluding hydrogens is 1170 g/mol. The number of morpholine rings is 1. The summed E-state index contributed by atoms with van der Waals surface area (Å²) in [4.78, 5) is 13.1. The minimum absolute atomic E-state index is 0.0399. The number of aromatic nitrogens is 1. The highest BCUT2D eigenvalue weighted by Gasteiger charge is 2.57. The molecule has 0 amide bonds. The number of hydrogen-bond donors (Lipinski definition) is 0. The molecule has 1 radical (unpaired) electrons. The third-order valence-electron chi connectivity index (χ3n) is 18.3. The summed E-state index contributed by atoms with van der Waals surface area (Å²) in [6.45, 7) is 9.68. The second kappa shape index (κ2) is 27.6. The molecule has 0 aliphatic carbocycles. The smallest absolute Gasteiger partial charge is 0.0704 e. The van der Waals surface area contributed by atoms with E-state index in [4.69, 9.17) is 79.3 Å². The Labute approximate surface area is 534 Å². The molecule has 437 valence electrons. The predicted molar refractivity (Wildman–Crippen MR) is 358 cm³/mol. The van der Waals surface area contributed by atoms with Crippen LogP contribution in [0.4, 0.5) is 5.69 Å². The van der Waals surface area contributed by atoms with Crippen LogP contribution in [0.2, 0.25) is 30.1 Å². The van der Waals surface area contributed by atoms with Gasteiger partial charge in [-0.15, -0.1) is 0 Å². The van der Waals surface area contributed by atoms with Crippen LogP contribution < -0.4 is 4.90 Å². The van der Waals surface area contributed by atoms with E-state index < -0.39 is 22.0 Å². The van der Waals surface area contributed by atoms with Gasteiger partial charge in [-0.1, -0.05) is 228 Å². The van der Waals surface area contributed by atoms with Crippen molar-refractivity contribution in [2.45, 2.75) is 80.8 Å². The van der Waals surface area contributed by atoms with E-state index in [1.807, 2.05) is 79.0 Å². The van der Waals surface area contributed by atoms with Gasteiger partial charge in [0.1, 0.15) is 0 Å². The maximum atomic E-state index is 8.05. The van der Waals surface area contributed by atoms with Gasteiger partial charge >= 0.3 is 0 Å². The van der Waals surface area contributed by atoms with Crippen LogP contribution in [-0.2, 0) is 26.8 Å². The lowest BCUT2D eigenvalue weighted by Crippen LogP contribution is -2.61. The highest BCUT2D eigenvalue weighted by atomic mass is 35.5. The largest absolute Gasteiger partial charge is 0.379 e. The Morgan fingerprint density at radius 1 is 0.588 bits per heavy atom. The van der Waals surface area contributed by atoms with Crippen molar-refractivity contribution in [3.63, 3.8) is 0 Å². The molecule has 1 fully saturated rings. The molecule has 1 aliphatic rings. The first-order chi connectivity index (χ1) is 41.2. The molecule has 0 spiro atoms. The van der Waals surface area contributed by atoms with Crippen molar-refractivity contribution in [3.8, 4) is 0 Å². The molecular formula is C74H73Cl6N4O. The maximum Gasteiger partial charge on any atom is 0.0704 e. The first-order valence-corrected chi connectivity index (χ1v) is 31.7. The van der Waals surface area contributed by atoms with Crippen molar-refractivity contribution in [3.05, 3.63) is 305 Å². The summed E-state index contributed by atoms with van der Waals surface area (Å²) in [5.41, 5.74) is 6.19. The molecule has 5 nitrogen and oxygen atoms in total. The van der Waals surface area contributed by atoms with E-state index in [0.29, 0.717) is 83.6 Å². The molecule has 10 rings (SSSR count). The first-order valence-electron chi connectivity index (χ1n) is 29.4. The van der Waals surface area contributed by atoms with Gasteiger partial charge < -0.3 is 9.64 Å². The second-order valence-corrected chi connectivity index (χ2v) is 25.4. The lowest BCUT2D eigenvalue weighted by molar-refractivity contribution is -0.0546. The standard InChI is InChI=1S/C74H73Cl6N4O/c1-6-84(58-29-22-24-53(2)48-58)72(62-32-12-17-37-67(62)78,52-73(70-40-20-21-43-81-70,56-27-23-28-57(75)50-56)63-33-13-18-38-68(63)79)51-71(83-44-46-85-47-45-83,61-31-11-16-36-66(61)77)41-42-74(82(4)5,64-34-14-19-39-69(64)80)54(3)49-60(55-25-8-7-9-26-55)59-30-10-15-35-65(59)76/h7-27,29-40,43,48,50,54,60H,6,41-42,44-47,49,51-52H2,1-5H3. The van der Waals surface area contributed by atoms with Gasteiger partial charge in [0.25, 0.3) is 0 Å². The van der Waals surface area contributed by atoms with E-state index >= 15 is 0 Å². The van der Waals surface area contributed by atoms with E-state index in [9.17, 15) is 0 Å². The minimum Gasteiger partial charge on any atom is -0.379 e. The van der Waals surface area contributed by atoms with E-state index in [1.54, 1.807) is 0 Å². The topological polar surface area (TPSA) is 31.8 Å². The van der Waals surface area contributed by atoms with Gasteiger partial charge in [0.2, 0.25) is 0 Å². The van der Waals surface area contributed by atoms with Gasteiger partial charge in [0, 0.05) is 79.2 Å². The number of rotatable bonds is 23. The van der Waals surface area contributed by atoms with Crippen LogP contribution in [0.5, 0.6) is 0 Å². The molecule has 1 aliphatic heterocycles. The van der Waals surface area contributed by atoms with E-state index in [2.05, 4.69) is 195 Å². The Balaban J connectivity index is 1.32.